The summed E-state index contributed by atoms with van der Waals surface area (Å²) in [7, 11) is 0. The molecule has 0 saturated heterocycles. The molecule has 0 aliphatic rings. The minimum absolute atomic E-state index is 0.922. The smallest absolute Gasteiger partial charge is 0.155 e. The lowest BCUT2D eigenvalue weighted by Crippen LogP contribution is -1.97. The molecule has 4 heteroatoms. The van der Waals surface area contributed by atoms with E-state index in [1.165, 1.54) is 0 Å². The molecule has 2 heterocycles. The van der Waals surface area contributed by atoms with E-state index in [1.54, 1.807) is 0 Å². The van der Waals surface area contributed by atoms with E-state index < -0.39 is 0 Å². The van der Waals surface area contributed by atoms with Crippen molar-refractivity contribution in [2.75, 3.05) is 0 Å². The van der Waals surface area contributed by atoms with E-state index >= 15 is 0 Å². The fourth-order valence-electron chi connectivity index (χ4n) is 1.14. The van der Waals surface area contributed by atoms with Crippen LogP contribution in [0.5, 0.6) is 0 Å². The Labute approximate surface area is 83.9 Å². The van der Waals surface area contributed by atoms with Crippen molar-refractivity contribution in [2.45, 2.75) is 13.8 Å². The molecule has 0 atom stereocenters. The Kier molecular flexibility index (Phi) is 1.79. The van der Waals surface area contributed by atoms with Gasteiger partial charge in [0.25, 0.3) is 0 Å². The van der Waals surface area contributed by atoms with E-state index in [2.05, 4.69) is 32.7 Å². The van der Waals surface area contributed by atoms with Gasteiger partial charge >= 0.3 is 0 Å². The standard InChI is InChI=1S/C8H8IN3/c1-5-3-8-10-4-7(9)6(2)12(8)11-5/h3-4H,1-2H3. The van der Waals surface area contributed by atoms with Crippen LogP contribution in [-0.4, -0.2) is 14.6 Å². The molecule has 0 N–H and O–H groups in total. The van der Waals surface area contributed by atoms with Gasteiger partial charge in [-0.15, -0.1) is 0 Å². The van der Waals surface area contributed by atoms with Gasteiger partial charge < -0.3 is 0 Å². The number of halogens is 1. The third kappa shape index (κ3) is 1.10. The first-order valence-electron chi connectivity index (χ1n) is 3.66. The van der Waals surface area contributed by atoms with Crippen LogP contribution < -0.4 is 0 Å². The lowest BCUT2D eigenvalue weighted by atomic mass is 10.4. The molecule has 0 spiro atoms. The molecular weight excluding hydrogens is 265 g/mol. The molecule has 0 aliphatic carbocycles. The Morgan fingerprint density at radius 2 is 2.17 bits per heavy atom. The first kappa shape index (κ1) is 7.97. The highest BCUT2D eigenvalue weighted by atomic mass is 127. The Bertz CT molecular complexity index is 433. The first-order valence-corrected chi connectivity index (χ1v) is 4.74. The zero-order valence-electron chi connectivity index (χ0n) is 6.87. The molecular formula is C8H8IN3. The summed E-state index contributed by atoms with van der Waals surface area (Å²) in [5.74, 6) is 0. The average Bonchev–Trinajstić information content (AvgIpc) is 2.39. The largest absolute Gasteiger partial charge is 0.236 e. The molecule has 0 aromatic carbocycles. The quantitative estimate of drug-likeness (QED) is 0.687. The van der Waals surface area contributed by atoms with Gasteiger partial charge in [0.05, 0.1) is 15.0 Å². The van der Waals surface area contributed by atoms with Gasteiger partial charge in [-0.1, -0.05) is 0 Å². The van der Waals surface area contributed by atoms with Crippen LogP contribution in [0.2, 0.25) is 0 Å². The summed E-state index contributed by atoms with van der Waals surface area (Å²) in [6, 6.07) is 1.98. The van der Waals surface area contributed by atoms with Gasteiger partial charge in [0, 0.05) is 12.3 Å². The van der Waals surface area contributed by atoms with Crippen LogP contribution in [0.25, 0.3) is 5.65 Å². The summed E-state index contributed by atoms with van der Waals surface area (Å²) in [6.45, 7) is 4.02. The van der Waals surface area contributed by atoms with E-state index in [-0.39, 0.29) is 0 Å². The van der Waals surface area contributed by atoms with E-state index in [4.69, 9.17) is 0 Å². The van der Waals surface area contributed by atoms with Gasteiger partial charge in [-0.3, -0.25) is 0 Å². The molecule has 0 amide bonds. The molecule has 62 valence electrons. The van der Waals surface area contributed by atoms with Gasteiger partial charge in [-0.2, -0.15) is 5.10 Å². The van der Waals surface area contributed by atoms with Gasteiger partial charge in [0.1, 0.15) is 0 Å². The summed E-state index contributed by atoms with van der Waals surface area (Å²) in [5, 5.41) is 4.32. The van der Waals surface area contributed by atoms with Crippen molar-refractivity contribution in [3.63, 3.8) is 0 Å². The van der Waals surface area contributed by atoms with E-state index in [9.17, 15) is 0 Å². The number of aryl methyl sites for hydroxylation is 2. The van der Waals surface area contributed by atoms with Crippen molar-refractivity contribution >= 4 is 28.2 Å². The van der Waals surface area contributed by atoms with Crippen molar-refractivity contribution in [1.29, 1.82) is 0 Å². The second-order valence-corrected chi connectivity index (χ2v) is 3.91. The maximum Gasteiger partial charge on any atom is 0.155 e. The second kappa shape index (κ2) is 2.69. The summed E-state index contributed by atoms with van der Waals surface area (Å²) in [4.78, 5) is 4.26. The third-order valence-electron chi connectivity index (χ3n) is 1.79. The number of fused-ring (bicyclic) bond motifs is 1. The summed E-state index contributed by atoms with van der Waals surface area (Å²) >= 11 is 2.26. The van der Waals surface area contributed by atoms with Crippen LogP contribution in [0.1, 0.15) is 11.4 Å². The van der Waals surface area contributed by atoms with Crippen LogP contribution >= 0.6 is 22.6 Å². The molecule has 0 bridgehead atoms. The van der Waals surface area contributed by atoms with Gasteiger partial charge in [-0.25, -0.2) is 9.50 Å². The molecule has 0 radical (unpaired) electrons. The molecule has 0 aliphatic heterocycles. The highest BCUT2D eigenvalue weighted by Gasteiger charge is 2.03. The molecule has 12 heavy (non-hydrogen) atoms. The van der Waals surface area contributed by atoms with Crippen molar-refractivity contribution in [3.05, 3.63) is 27.2 Å². The lowest BCUT2D eigenvalue weighted by molar-refractivity contribution is 0.870. The Hall–Kier alpha value is -0.650. The minimum atomic E-state index is 0.922. The van der Waals surface area contributed by atoms with Gasteiger partial charge in [0.15, 0.2) is 5.65 Å². The molecule has 2 aromatic rings. The zero-order chi connectivity index (χ0) is 8.72. The summed E-state index contributed by atoms with van der Waals surface area (Å²) in [6.07, 6.45) is 1.87. The van der Waals surface area contributed by atoms with E-state index in [0.717, 1.165) is 20.6 Å². The maximum atomic E-state index is 4.32. The first-order chi connectivity index (χ1) is 5.68. The molecule has 2 aromatic heterocycles. The third-order valence-corrected chi connectivity index (χ3v) is 2.85. The fourth-order valence-corrected chi connectivity index (χ4v) is 1.51. The topological polar surface area (TPSA) is 30.2 Å². The van der Waals surface area contributed by atoms with Crippen LogP contribution in [0.4, 0.5) is 0 Å². The number of hydrogen-bond donors (Lipinski definition) is 0. The molecule has 2 rings (SSSR count). The molecule has 0 fully saturated rings. The van der Waals surface area contributed by atoms with Crippen LogP contribution in [0.15, 0.2) is 12.3 Å². The lowest BCUT2D eigenvalue weighted by Gasteiger charge is -1.99. The molecule has 0 unspecified atom stereocenters. The second-order valence-electron chi connectivity index (χ2n) is 2.75. The Morgan fingerprint density at radius 1 is 1.42 bits per heavy atom. The highest BCUT2D eigenvalue weighted by Crippen LogP contribution is 2.12. The average molecular weight is 273 g/mol. The predicted octanol–water partition coefficient (Wildman–Crippen LogP) is 1.95. The fraction of sp³-hybridized carbons (Fsp3) is 0.250. The number of rotatable bonds is 0. The van der Waals surface area contributed by atoms with Crippen molar-refractivity contribution < 1.29 is 0 Å². The summed E-state index contributed by atoms with van der Waals surface area (Å²) in [5.41, 5.74) is 3.08. The monoisotopic (exact) mass is 273 g/mol. The van der Waals surface area contributed by atoms with Crippen LogP contribution in [-0.2, 0) is 0 Å². The summed E-state index contributed by atoms with van der Waals surface area (Å²) < 4.78 is 3.01. The van der Waals surface area contributed by atoms with E-state index in [0.29, 0.717) is 0 Å². The zero-order valence-corrected chi connectivity index (χ0v) is 9.03. The Balaban J connectivity index is 2.89. The minimum Gasteiger partial charge on any atom is -0.236 e. The van der Waals surface area contributed by atoms with Gasteiger partial charge in [-0.05, 0) is 36.4 Å². The number of hydrogen-bond acceptors (Lipinski definition) is 2. The maximum absolute atomic E-state index is 4.32. The highest BCUT2D eigenvalue weighted by molar-refractivity contribution is 14.1. The van der Waals surface area contributed by atoms with E-state index in [1.807, 2.05) is 30.6 Å². The van der Waals surface area contributed by atoms with Crippen molar-refractivity contribution in [3.8, 4) is 0 Å². The predicted molar refractivity (Wildman–Crippen MR) is 55.2 cm³/mol. The normalized spacial score (nSPS) is 10.9. The van der Waals surface area contributed by atoms with Crippen LogP contribution in [0, 0.1) is 17.4 Å². The Morgan fingerprint density at radius 3 is 2.92 bits per heavy atom. The van der Waals surface area contributed by atoms with Crippen molar-refractivity contribution in [1.82, 2.24) is 14.6 Å². The molecule has 3 nitrogen and oxygen atoms in total. The van der Waals surface area contributed by atoms with Crippen molar-refractivity contribution in [2.24, 2.45) is 0 Å². The van der Waals surface area contributed by atoms with Crippen LogP contribution in [0.3, 0.4) is 0 Å². The van der Waals surface area contributed by atoms with Gasteiger partial charge in [0.2, 0.25) is 0 Å². The number of aromatic nitrogens is 3. The number of nitrogens with zero attached hydrogens (tertiary/aromatic N) is 3. The SMILES string of the molecule is Cc1cc2ncc(I)c(C)n2n1. The molecule has 0 saturated carbocycles.